The lowest BCUT2D eigenvalue weighted by Crippen LogP contribution is -2.58. The van der Waals surface area contributed by atoms with E-state index in [0.717, 1.165) is 5.56 Å². The van der Waals surface area contributed by atoms with E-state index in [9.17, 15) is 14.4 Å². The van der Waals surface area contributed by atoms with Crippen molar-refractivity contribution in [3.63, 3.8) is 0 Å². The van der Waals surface area contributed by atoms with Gasteiger partial charge in [-0.3, -0.25) is 19.5 Å². The molecule has 0 saturated carbocycles. The van der Waals surface area contributed by atoms with Crippen LogP contribution in [-0.4, -0.2) is 42.1 Å². The Morgan fingerprint density at radius 1 is 1.10 bits per heavy atom. The van der Waals surface area contributed by atoms with E-state index in [-0.39, 0.29) is 24.9 Å². The number of halogens is 1. The zero-order valence-corrected chi connectivity index (χ0v) is 16.9. The van der Waals surface area contributed by atoms with Crippen molar-refractivity contribution < 1.29 is 14.4 Å². The summed E-state index contributed by atoms with van der Waals surface area (Å²) in [5.74, 6) is 5.28. The highest BCUT2D eigenvalue weighted by atomic mass is 35.5. The Kier molecular flexibility index (Phi) is 6.71. The summed E-state index contributed by atoms with van der Waals surface area (Å²) in [4.78, 5) is 40.1. The summed E-state index contributed by atoms with van der Waals surface area (Å²) in [6, 6.07) is 13.4. The molecule has 156 valence electrons. The lowest BCUT2D eigenvalue weighted by molar-refractivity contribution is -0.142. The third-order valence-electron chi connectivity index (χ3n) is 4.82. The zero-order chi connectivity index (χ0) is 21.7. The van der Waals surface area contributed by atoms with E-state index in [1.807, 2.05) is 30.3 Å². The van der Waals surface area contributed by atoms with Crippen molar-refractivity contribution in [1.29, 1.82) is 0 Å². The number of rotatable bonds is 7. The number of piperazine rings is 1. The normalized spacial score (nSPS) is 15.5. The second-order valence-electron chi connectivity index (χ2n) is 6.78. The zero-order valence-electron chi connectivity index (χ0n) is 16.1. The molecule has 0 spiro atoms. The van der Waals surface area contributed by atoms with Crippen molar-refractivity contribution in [3.05, 3.63) is 71.5 Å². The second kappa shape index (κ2) is 9.43. The molecule has 0 aliphatic carbocycles. The molecule has 9 heteroatoms. The lowest BCUT2D eigenvalue weighted by Gasteiger charge is -2.37. The molecule has 0 bridgehead atoms. The summed E-state index contributed by atoms with van der Waals surface area (Å²) in [6.45, 7) is -0.455. The van der Waals surface area contributed by atoms with Gasteiger partial charge >= 0.3 is 0 Å². The van der Waals surface area contributed by atoms with E-state index >= 15 is 0 Å². The van der Waals surface area contributed by atoms with Gasteiger partial charge in [-0.15, -0.1) is 0 Å². The van der Waals surface area contributed by atoms with Crippen LogP contribution in [0.4, 0.5) is 11.4 Å². The van der Waals surface area contributed by atoms with Gasteiger partial charge in [0, 0.05) is 17.4 Å². The first kappa shape index (κ1) is 21.4. The average molecular weight is 428 g/mol. The molecule has 1 saturated heterocycles. The maximum atomic E-state index is 12.9. The van der Waals surface area contributed by atoms with Gasteiger partial charge in [0.05, 0.1) is 17.4 Å². The molecule has 1 aliphatic rings. The van der Waals surface area contributed by atoms with E-state index in [1.165, 1.54) is 27.2 Å². The van der Waals surface area contributed by atoms with Crippen molar-refractivity contribution in [2.75, 3.05) is 23.0 Å². The third kappa shape index (κ3) is 4.61. The quantitative estimate of drug-likeness (QED) is 0.392. The Balaban J connectivity index is 1.85. The van der Waals surface area contributed by atoms with Crippen LogP contribution in [0.1, 0.15) is 5.56 Å². The molecule has 0 aromatic heterocycles. The van der Waals surface area contributed by atoms with E-state index in [2.05, 4.69) is 0 Å². The molecule has 1 heterocycles. The molecule has 2 aromatic carbocycles. The Bertz CT molecular complexity index is 966. The summed E-state index contributed by atoms with van der Waals surface area (Å²) in [5, 5.41) is 1.62. The average Bonchev–Trinajstić information content (AvgIpc) is 2.74. The van der Waals surface area contributed by atoms with Crippen LogP contribution in [0.3, 0.4) is 0 Å². The Morgan fingerprint density at radius 3 is 2.50 bits per heavy atom. The Hall–Kier alpha value is -3.36. The fraction of sp³-hybridized carbons (Fsp3) is 0.190. The highest BCUT2D eigenvalue weighted by Crippen LogP contribution is 2.33. The van der Waals surface area contributed by atoms with Crippen molar-refractivity contribution >= 4 is 41.1 Å². The van der Waals surface area contributed by atoms with E-state index in [0.29, 0.717) is 29.1 Å². The van der Waals surface area contributed by atoms with Gasteiger partial charge in [-0.25, -0.2) is 5.84 Å². The molecule has 4 N–H and O–H groups in total. The molecular formula is C21H22ClN5O3. The Morgan fingerprint density at radius 2 is 1.83 bits per heavy atom. The number of nitrogens with zero attached hydrogens (tertiary/aromatic N) is 3. The number of nitrogens with two attached hydrogens (primary N) is 2. The minimum atomic E-state index is -0.726. The highest BCUT2D eigenvalue weighted by Gasteiger charge is 2.36. The minimum Gasteiger partial charge on any atom is -0.403 e. The molecule has 1 aliphatic heterocycles. The number of amides is 2. The van der Waals surface area contributed by atoms with Crippen LogP contribution in [0.5, 0.6) is 0 Å². The van der Waals surface area contributed by atoms with E-state index in [1.54, 1.807) is 18.2 Å². The molecule has 0 radical (unpaired) electrons. The van der Waals surface area contributed by atoms with Gasteiger partial charge < -0.3 is 15.4 Å². The molecule has 2 aromatic rings. The van der Waals surface area contributed by atoms with Crippen molar-refractivity contribution in [3.8, 4) is 0 Å². The van der Waals surface area contributed by atoms with Crippen molar-refractivity contribution in [1.82, 2.24) is 4.90 Å². The molecular weight excluding hydrogens is 406 g/mol. The van der Waals surface area contributed by atoms with Gasteiger partial charge in [-0.2, -0.15) is 0 Å². The minimum absolute atomic E-state index is 0.224. The van der Waals surface area contributed by atoms with Crippen LogP contribution in [0.15, 0.2) is 60.9 Å². The molecule has 1 fully saturated rings. The van der Waals surface area contributed by atoms with Gasteiger partial charge in [0.15, 0.2) is 0 Å². The van der Waals surface area contributed by atoms with Gasteiger partial charge in [0.25, 0.3) is 0 Å². The number of hydrogen-bond acceptors (Lipinski definition) is 6. The standard InChI is InChI=1S/C21H22ClN5O3/c22-16-6-7-18(27(24)9-8-23)19(11-16)26-13-20(29)25(12-21(26)30)17(14-28)10-15-4-2-1-3-5-15/h1-9,11,14,17H,10,12-13,23-24H2/b9-8-. The SMILES string of the molecule is N/C=C\N(N)c1ccc(Cl)cc1N1CC(=O)N(C(C=O)Cc2ccccc2)CC1=O. The van der Waals surface area contributed by atoms with Crippen molar-refractivity contribution in [2.45, 2.75) is 12.5 Å². The van der Waals surface area contributed by atoms with Gasteiger partial charge in [-0.05, 0) is 30.2 Å². The van der Waals surface area contributed by atoms with Crippen LogP contribution >= 0.6 is 11.6 Å². The molecule has 1 atom stereocenters. The number of hydrazine groups is 1. The molecule has 3 rings (SSSR count). The summed E-state index contributed by atoms with van der Waals surface area (Å²) < 4.78 is 0. The molecule has 8 nitrogen and oxygen atoms in total. The first-order valence-corrected chi connectivity index (χ1v) is 9.63. The number of hydrogen-bond donors (Lipinski definition) is 2. The maximum Gasteiger partial charge on any atom is 0.247 e. The number of carbonyl (C=O) groups excluding carboxylic acids is 3. The smallest absolute Gasteiger partial charge is 0.247 e. The summed E-state index contributed by atoms with van der Waals surface area (Å²) >= 11 is 6.11. The van der Waals surface area contributed by atoms with Crippen LogP contribution in [0.2, 0.25) is 5.02 Å². The van der Waals surface area contributed by atoms with E-state index < -0.39 is 6.04 Å². The molecule has 2 amide bonds. The third-order valence-corrected chi connectivity index (χ3v) is 5.05. The molecule has 1 unspecified atom stereocenters. The monoisotopic (exact) mass is 427 g/mol. The summed E-state index contributed by atoms with van der Waals surface area (Å²) in [6.07, 6.45) is 3.70. The van der Waals surface area contributed by atoms with Crippen LogP contribution in [0, 0.1) is 0 Å². The summed E-state index contributed by atoms with van der Waals surface area (Å²) in [5.41, 5.74) is 7.14. The Labute approximate surface area is 179 Å². The fourth-order valence-corrected chi connectivity index (χ4v) is 3.51. The number of carbonyl (C=O) groups is 3. The predicted octanol–water partition coefficient (Wildman–Crippen LogP) is 1.44. The summed E-state index contributed by atoms with van der Waals surface area (Å²) in [7, 11) is 0. The maximum absolute atomic E-state index is 12.9. The largest absolute Gasteiger partial charge is 0.403 e. The number of anilines is 2. The van der Waals surface area contributed by atoms with Crippen LogP contribution in [-0.2, 0) is 20.8 Å². The van der Waals surface area contributed by atoms with Crippen molar-refractivity contribution in [2.24, 2.45) is 11.6 Å². The first-order chi connectivity index (χ1) is 14.4. The topological polar surface area (TPSA) is 113 Å². The number of benzene rings is 2. The van der Waals surface area contributed by atoms with Gasteiger partial charge in [-0.1, -0.05) is 41.9 Å². The van der Waals surface area contributed by atoms with Gasteiger partial charge in [0.1, 0.15) is 19.4 Å². The fourth-order valence-electron chi connectivity index (χ4n) is 3.35. The predicted molar refractivity (Wildman–Crippen MR) is 116 cm³/mol. The lowest BCUT2D eigenvalue weighted by atomic mass is 10.0. The first-order valence-electron chi connectivity index (χ1n) is 9.25. The highest BCUT2D eigenvalue weighted by molar-refractivity contribution is 6.31. The van der Waals surface area contributed by atoms with Crippen LogP contribution < -0.4 is 21.5 Å². The molecule has 30 heavy (non-hydrogen) atoms. The van der Waals surface area contributed by atoms with Gasteiger partial charge in [0.2, 0.25) is 11.8 Å². The number of aldehydes is 1. The second-order valence-corrected chi connectivity index (χ2v) is 7.21. The van der Waals surface area contributed by atoms with Crippen LogP contribution in [0.25, 0.3) is 0 Å². The van der Waals surface area contributed by atoms with E-state index in [4.69, 9.17) is 23.2 Å².